The Bertz CT molecular complexity index is 1270. The fraction of sp³-hybridized carbons (Fsp3) is 0.515. The topological polar surface area (TPSA) is 102 Å². The Balaban J connectivity index is 1.74. The number of carbonyl (C=O) groups is 2. The fourth-order valence-corrected chi connectivity index (χ4v) is 5.51. The number of hydrogen-bond acceptors (Lipinski definition) is 7. The van der Waals surface area contributed by atoms with Gasteiger partial charge < -0.3 is 33.9 Å². The zero-order valence-corrected chi connectivity index (χ0v) is 25.3. The zero-order chi connectivity index (χ0) is 30.1. The van der Waals surface area contributed by atoms with Crippen LogP contribution in [-0.4, -0.2) is 69.2 Å². The van der Waals surface area contributed by atoms with E-state index in [9.17, 15) is 14.7 Å². The molecule has 0 radical (unpaired) electrons. The molecule has 2 aromatic rings. The number of Topliss-reactive ketones (excluding diaryl/α,β-unsaturated/α-hetero) is 1. The van der Waals surface area contributed by atoms with Gasteiger partial charge in [-0.15, -0.1) is 0 Å². The molecule has 2 aromatic carbocycles. The molecule has 2 aliphatic heterocycles. The molecule has 42 heavy (non-hydrogen) atoms. The third-order valence-corrected chi connectivity index (χ3v) is 7.85. The van der Waals surface area contributed by atoms with Gasteiger partial charge in [-0.1, -0.05) is 37.7 Å². The first-order valence-electron chi connectivity index (χ1n) is 15.3. The third-order valence-electron chi connectivity index (χ3n) is 7.85. The Labute approximate surface area is 249 Å². The largest absolute Gasteiger partial charge is 0.872 e. The van der Waals surface area contributed by atoms with Crippen molar-refractivity contribution in [3.8, 4) is 23.0 Å². The summed E-state index contributed by atoms with van der Waals surface area (Å²) in [5.41, 5.74) is 0.844. The van der Waals surface area contributed by atoms with E-state index in [1.165, 1.54) is 4.90 Å². The molecule has 0 aromatic heterocycles. The number of fused-ring (bicyclic) bond motifs is 1. The lowest BCUT2D eigenvalue weighted by molar-refractivity contribution is -0.896. The van der Waals surface area contributed by atoms with Crippen molar-refractivity contribution in [3.05, 3.63) is 53.1 Å². The fourth-order valence-electron chi connectivity index (χ4n) is 5.51. The number of ketones is 1. The highest BCUT2D eigenvalue weighted by molar-refractivity contribution is 6.46. The molecule has 1 N–H and O–H groups in total. The monoisotopic (exact) mass is 580 g/mol. The van der Waals surface area contributed by atoms with E-state index >= 15 is 0 Å². The molecule has 9 nitrogen and oxygen atoms in total. The van der Waals surface area contributed by atoms with Crippen molar-refractivity contribution in [3.63, 3.8) is 0 Å². The molecule has 0 spiro atoms. The summed E-state index contributed by atoms with van der Waals surface area (Å²) in [5, 5.41) is 14.0. The lowest BCUT2D eigenvalue weighted by atomic mass is 9.94. The van der Waals surface area contributed by atoms with Crippen LogP contribution in [0.4, 0.5) is 0 Å². The molecule has 0 bridgehead atoms. The smallest absolute Gasteiger partial charge is 0.295 e. The van der Waals surface area contributed by atoms with Crippen molar-refractivity contribution in [1.82, 2.24) is 4.90 Å². The number of benzene rings is 2. The SMILES string of the molecule is CCCCCOc1ccc(C2/C(=C(\[O-])c3ccc4c(c3)OCCO4)C(=O)C(=O)N2CCC[NH+](CC)CC)cc1OCC. The number of nitrogens with one attached hydrogen (secondary N) is 1. The highest BCUT2D eigenvalue weighted by Crippen LogP contribution is 2.42. The molecule has 4 rings (SSSR count). The molecular weight excluding hydrogens is 536 g/mol. The van der Waals surface area contributed by atoms with E-state index in [1.54, 1.807) is 29.2 Å². The minimum Gasteiger partial charge on any atom is -0.872 e. The standard InChI is InChI=1S/C33H44N2O7/c1-5-9-10-18-40-25-14-12-23(21-27(25)39-8-4)30-29(31(36)24-13-15-26-28(22-24)42-20-19-41-26)32(37)33(38)35(30)17-11-16-34(6-2)7-3/h12-15,21-22,30,36H,5-11,16-20H2,1-4H3/b31-29+. The maximum atomic E-state index is 14.0. The van der Waals surface area contributed by atoms with Crippen molar-refractivity contribution < 1.29 is 38.5 Å². The quantitative estimate of drug-likeness (QED) is 0.150. The molecule has 0 saturated carbocycles. The van der Waals surface area contributed by atoms with E-state index in [2.05, 4.69) is 20.8 Å². The zero-order valence-electron chi connectivity index (χ0n) is 25.3. The second kappa shape index (κ2) is 15.0. The van der Waals surface area contributed by atoms with Crippen LogP contribution >= 0.6 is 0 Å². The Morgan fingerprint density at radius 1 is 0.929 bits per heavy atom. The van der Waals surface area contributed by atoms with Crippen molar-refractivity contribution in [2.24, 2.45) is 0 Å². The first kappa shape index (κ1) is 31.2. The molecule has 1 fully saturated rings. The summed E-state index contributed by atoms with van der Waals surface area (Å²) in [6.07, 6.45) is 3.79. The highest BCUT2D eigenvalue weighted by atomic mass is 16.6. The summed E-state index contributed by atoms with van der Waals surface area (Å²) in [6.45, 7) is 13.2. The number of nitrogens with zero attached hydrogens (tertiary/aromatic N) is 1. The van der Waals surface area contributed by atoms with Crippen LogP contribution in [0.1, 0.15) is 70.5 Å². The third kappa shape index (κ3) is 7.01. The summed E-state index contributed by atoms with van der Waals surface area (Å²) >= 11 is 0. The number of amides is 1. The van der Waals surface area contributed by atoms with Crippen molar-refractivity contribution in [1.29, 1.82) is 0 Å². The van der Waals surface area contributed by atoms with Crippen molar-refractivity contribution in [2.45, 2.75) is 59.4 Å². The van der Waals surface area contributed by atoms with E-state index in [4.69, 9.17) is 18.9 Å². The molecule has 9 heteroatoms. The molecule has 1 amide bonds. The average Bonchev–Trinajstić information content (AvgIpc) is 3.26. The Hall–Kier alpha value is -3.72. The predicted molar refractivity (Wildman–Crippen MR) is 158 cm³/mol. The van der Waals surface area contributed by atoms with Gasteiger partial charge in [0.05, 0.1) is 38.9 Å². The maximum Gasteiger partial charge on any atom is 0.295 e. The van der Waals surface area contributed by atoms with Crippen LogP contribution in [0, 0.1) is 0 Å². The Kier molecular flexibility index (Phi) is 11.1. The first-order chi connectivity index (χ1) is 20.4. The molecule has 1 unspecified atom stereocenters. The van der Waals surface area contributed by atoms with E-state index in [0.29, 0.717) is 68.0 Å². The van der Waals surface area contributed by atoms with Crippen LogP contribution in [0.5, 0.6) is 23.0 Å². The van der Waals surface area contributed by atoms with Crippen molar-refractivity contribution >= 4 is 17.4 Å². The molecule has 0 aliphatic carbocycles. The second-order valence-electron chi connectivity index (χ2n) is 10.6. The van der Waals surface area contributed by atoms with Gasteiger partial charge >= 0.3 is 0 Å². The Morgan fingerprint density at radius 2 is 1.69 bits per heavy atom. The van der Waals surface area contributed by atoms with Gasteiger partial charge in [-0.2, -0.15) is 0 Å². The normalized spacial score (nSPS) is 17.6. The minimum absolute atomic E-state index is 0.0640. The first-order valence-corrected chi connectivity index (χ1v) is 15.3. The van der Waals surface area contributed by atoms with Crippen LogP contribution in [0.15, 0.2) is 42.0 Å². The van der Waals surface area contributed by atoms with Gasteiger partial charge in [0.25, 0.3) is 5.91 Å². The molecule has 228 valence electrons. The maximum absolute atomic E-state index is 14.0. The number of unbranched alkanes of at least 4 members (excludes halogenated alkanes) is 2. The lowest BCUT2D eigenvalue weighted by Crippen LogP contribution is -3.11. The van der Waals surface area contributed by atoms with Crippen LogP contribution < -0.4 is 29.0 Å². The van der Waals surface area contributed by atoms with Crippen LogP contribution in [0.2, 0.25) is 0 Å². The van der Waals surface area contributed by atoms with Crippen LogP contribution in [-0.2, 0) is 9.59 Å². The number of carbonyl (C=O) groups excluding carboxylic acids is 2. The second-order valence-corrected chi connectivity index (χ2v) is 10.6. The number of rotatable bonds is 15. The summed E-state index contributed by atoms with van der Waals surface area (Å²) in [5.74, 6) is 0.194. The molecule has 1 saturated heterocycles. The van der Waals surface area contributed by atoms with E-state index in [-0.39, 0.29) is 11.1 Å². The minimum atomic E-state index is -0.842. The average molecular weight is 581 g/mol. The number of hydrogen-bond donors (Lipinski definition) is 1. The van der Waals surface area contributed by atoms with Gasteiger partial charge in [-0.05, 0) is 62.6 Å². The van der Waals surface area contributed by atoms with Crippen LogP contribution in [0.25, 0.3) is 5.76 Å². The van der Waals surface area contributed by atoms with Crippen LogP contribution in [0.3, 0.4) is 0 Å². The molecule has 2 heterocycles. The number of quaternary nitrogens is 1. The summed E-state index contributed by atoms with van der Waals surface area (Å²) in [6, 6.07) is 9.46. The lowest BCUT2D eigenvalue weighted by Gasteiger charge is -2.29. The predicted octanol–water partition coefficient (Wildman–Crippen LogP) is 2.96. The molecular formula is C33H44N2O7. The van der Waals surface area contributed by atoms with E-state index < -0.39 is 23.5 Å². The van der Waals surface area contributed by atoms with Gasteiger partial charge in [0.2, 0.25) is 5.78 Å². The van der Waals surface area contributed by atoms with Gasteiger partial charge in [-0.3, -0.25) is 9.59 Å². The number of ether oxygens (including phenoxy) is 4. The van der Waals surface area contributed by atoms with Gasteiger partial charge in [-0.25, -0.2) is 0 Å². The summed E-state index contributed by atoms with van der Waals surface area (Å²) < 4.78 is 23.2. The van der Waals surface area contributed by atoms with E-state index in [0.717, 1.165) is 38.9 Å². The molecule has 1 atom stereocenters. The van der Waals surface area contributed by atoms with Gasteiger partial charge in [0.1, 0.15) is 13.2 Å². The molecule has 2 aliphatic rings. The summed E-state index contributed by atoms with van der Waals surface area (Å²) in [4.78, 5) is 29.9. The van der Waals surface area contributed by atoms with Gasteiger partial charge in [0.15, 0.2) is 23.0 Å². The number of likely N-dealkylation sites (tertiary alicyclic amines) is 1. The van der Waals surface area contributed by atoms with Crippen molar-refractivity contribution in [2.75, 3.05) is 52.6 Å². The summed E-state index contributed by atoms with van der Waals surface area (Å²) in [7, 11) is 0. The Morgan fingerprint density at radius 3 is 2.40 bits per heavy atom. The van der Waals surface area contributed by atoms with Gasteiger partial charge in [0, 0.05) is 18.5 Å². The van der Waals surface area contributed by atoms with E-state index in [1.807, 2.05) is 19.1 Å². The highest BCUT2D eigenvalue weighted by Gasteiger charge is 2.44.